The number of nitrogens with zero attached hydrogens (tertiary/aromatic N) is 5. The van der Waals surface area contributed by atoms with Gasteiger partial charge in [0.15, 0.2) is 11.5 Å². The summed E-state index contributed by atoms with van der Waals surface area (Å²) in [5.74, 6) is -0.176. The Balaban J connectivity index is 1.35. The first-order valence-corrected chi connectivity index (χ1v) is 11.6. The Kier molecular flexibility index (Phi) is 5.96. The minimum atomic E-state index is -4.55. The summed E-state index contributed by atoms with van der Waals surface area (Å²) in [6, 6.07) is 7.96. The van der Waals surface area contributed by atoms with Crippen LogP contribution in [0.4, 0.5) is 19.0 Å². The van der Waals surface area contributed by atoms with Gasteiger partial charge in [0.1, 0.15) is 6.54 Å². The van der Waals surface area contributed by atoms with Crippen molar-refractivity contribution in [2.45, 2.75) is 44.9 Å². The van der Waals surface area contributed by atoms with Crippen molar-refractivity contribution in [3.63, 3.8) is 0 Å². The third kappa shape index (κ3) is 4.99. The molecule has 0 atom stereocenters. The molecule has 5 rings (SSSR count). The van der Waals surface area contributed by atoms with Gasteiger partial charge in [-0.05, 0) is 43.5 Å². The van der Waals surface area contributed by atoms with E-state index in [2.05, 4.69) is 20.5 Å². The van der Waals surface area contributed by atoms with Gasteiger partial charge in [0, 0.05) is 23.9 Å². The van der Waals surface area contributed by atoms with E-state index in [-0.39, 0.29) is 29.2 Å². The summed E-state index contributed by atoms with van der Waals surface area (Å²) in [5, 5.41) is 12.0. The van der Waals surface area contributed by atoms with Gasteiger partial charge < -0.3 is 5.32 Å². The zero-order valence-corrected chi connectivity index (χ0v) is 19.9. The number of alkyl halides is 3. The second-order valence-electron chi connectivity index (χ2n) is 8.50. The number of hydrogen-bond acceptors (Lipinski definition) is 4. The third-order valence-electron chi connectivity index (χ3n) is 5.73. The van der Waals surface area contributed by atoms with Gasteiger partial charge in [0.05, 0.1) is 33.2 Å². The highest BCUT2D eigenvalue weighted by molar-refractivity contribution is 6.42. The fraction of sp³-hybridized carbons (Fsp3) is 0.304. The van der Waals surface area contributed by atoms with E-state index in [1.807, 2.05) is 6.07 Å². The second kappa shape index (κ2) is 8.83. The van der Waals surface area contributed by atoms with Crippen LogP contribution in [0.1, 0.15) is 41.3 Å². The molecule has 1 amide bonds. The van der Waals surface area contributed by atoms with Crippen LogP contribution >= 0.6 is 23.2 Å². The van der Waals surface area contributed by atoms with Crippen molar-refractivity contribution in [1.29, 1.82) is 0 Å². The maximum absolute atomic E-state index is 13.8. The standard InChI is InChI=1S/C23H19Cl2F3N6O/c1-12-21-15(23(26,27)28)9-18(14-3-4-14)29-22(21)34(31-12)11-20(35)30-19-6-7-33(32-19)10-13-2-5-16(24)17(25)8-13/h2,5-9,14H,3-4,10-11H2,1H3,(H,30,32,35). The molecule has 3 aromatic heterocycles. The van der Waals surface area contributed by atoms with Crippen molar-refractivity contribution in [1.82, 2.24) is 24.5 Å². The van der Waals surface area contributed by atoms with Crippen molar-refractivity contribution in [2.75, 3.05) is 5.32 Å². The quantitative estimate of drug-likeness (QED) is 0.345. The lowest BCUT2D eigenvalue weighted by Crippen LogP contribution is -2.20. The minimum Gasteiger partial charge on any atom is -0.308 e. The lowest BCUT2D eigenvalue weighted by Gasteiger charge is -2.11. The Bertz CT molecular complexity index is 1440. The monoisotopic (exact) mass is 522 g/mol. The van der Waals surface area contributed by atoms with E-state index < -0.39 is 17.6 Å². The van der Waals surface area contributed by atoms with Gasteiger partial charge >= 0.3 is 6.18 Å². The first-order chi connectivity index (χ1) is 16.6. The summed E-state index contributed by atoms with van der Waals surface area (Å²) in [4.78, 5) is 17.1. The van der Waals surface area contributed by atoms with Crippen molar-refractivity contribution in [3.8, 4) is 0 Å². The number of halogens is 5. The molecule has 35 heavy (non-hydrogen) atoms. The van der Waals surface area contributed by atoms with Gasteiger partial charge in [-0.15, -0.1) is 0 Å². The molecule has 12 heteroatoms. The van der Waals surface area contributed by atoms with E-state index in [0.717, 1.165) is 24.5 Å². The Morgan fingerprint density at radius 1 is 1.14 bits per heavy atom. The Hall–Kier alpha value is -3.11. The number of hydrogen-bond donors (Lipinski definition) is 1. The first kappa shape index (κ1) is 23.6. The molecule has 0 saturated heterocycles. The summed E-state index contributed by atoms with van der Waals surface area (Å²) in [6.07, 6.45) is -1.26. The molecule has 1 saturated carbocycles. The Morgan fingerprint density at radius 2 is 1.91 bits per heavy atom. The number of carbonyl (C=O) groups excluding carboxylic acids is 1. The molecule has 3 heterocycles. The van der Waals surface area contributed by atoms with E-state index in [1.54, 1.807) is 29.1 Å². The van der Waals surface area contributed by atoms with Crippen LogP contribution < -0.4 is 5.32 Å². The van der Waals surface area contributed by atoms with Crippen LogP contribution in [0, 0.1) is 6.92 Å². The fourth-order valence-corrected chi connectivity index (χ4v) is 4.28. The number of carbonyl (C=O) groups is 1. The molecule has 0 bridgehead atoms. The fourth-order valence-electron chi connectivity index (χ4n) is 3.95. The van der Waals surface area contributed by atoms with E-state index in [9.17, 15) is 18.0 Å². The third-order valence-corrected chi connectivity index (χ3v) is 6.47. The van der Waals surface area contributed by atoms with Crippen molar-refractivity contribution in [2.24, 2.45) is 0 Å². The predicted molar refractivity (Wildman–Crippen MR) is 126 cm³/mol. The van der Waals surface area contributed by atoms with Crippen molar-refractivity contribution >= 4 is 46.0 Å². The summed E-state index contributed by atoms with van der Waals surface area (Å²) < 4.78 is 44.1. The molecule has 0 radical (unpaired) electrons. The number of benzene rings is 1. The zero-order chi connectivity index (χ0) is 24.9. The van der Waals surface area contributed by atoms with E-state index in [4.69, 9.17) is 23.2 Å². The number of anilines is 1. The van der Waals surface area contributed by atoms with E-state index in [1.165, 1.54) is 11.6 Å². The van der Waals surface area contributed by atoms with Crippen molar-refractivity contribution in [3.05, 3.63) is 69.1 Å². The number of nitrogens with one attached hydrogen (secondary N) is 1. The second-order valence-corrected chi connectivity index (χ2v) is 9.32. The van der Waals surface area contributed by atoms with Crippen LogP contribution in [0.5, 0.6) is 0 Å². The van der Waals surface area contributed by atoms with E-state index >= 15 is 0 Å². The van der Waals surface area contributed by atoms with Gasteiger partial charge in [-0.3, -0.25) is 9.48 Å². The molecule has 4 aromatic rings. The van der Waals surface area contributed by atoms with Gasteiger partial charge in [-0.2, -0.15) is 23.4 Å². The molecule has 1 aromatic carbocycles. The number of fused-ring (bicyclic) bond motifs is 1. The van der Waals surface area contributed by atoms with Gasteiger partial charge in [-0.25, -0.2) is 9.67 Å². The lowest BCUT2D eigenvalue weighted by molar-refractivity contribution is -0.136. The number of aryl methyl sites for hydroxylation is 1. The van der Waals surface area contributed by atoms with Crippen LogP contribution in [0.3, 0.4) is 0 Å². The van der Waals surface area contributed by atoms with Gasteiger partial charge in [0.25, 0.3) is 0 Å². The smallest absolute Gasteiger partial charge is 0.308 e. The predicted octanol–water partition coefficient (Wildman–Crippen LogP) is 5.83. The van der Waals surface area contributed by atoms with Crippen LogP contribution in [0.25, 0.3) is 11.0 Å². The highest BCUT2D eigenvalue weighted by Crippen LogP contribution is 2.43. The summed E-state index contributed by atoms with van der Waals surface area (Å²) in [5.41, 5.74) is 0.708. The molecule has 0 spiro atoms. The molecule has 7 nitrogen and oxygen atoms in total. The molecular formula is C23H19Cl2F3N6O. The zero-order valence-electron chi connectivity index (χ0n) is 18.4. The van der Waals surface area contributed by atoms with Crippen LogP contribution in [-0.4, -0.2) is 30.5 Å². The maximum atomic E-state index is 13.8. The highest BCUT2D eigenvalue weighted by Gasteiger charge is 2.37. The van der Waals surface area contributed by atoms with Gasteiger partial charge in [-0.1, -0.05) is 29.3 Å². The molecule has 0 unspecified atom stereocenters. The van der Waals surface area contributed by atoms with Crippen molar-refractivity contribution < 1.29 is 18.0 Å². The summed E-state index contributed by atoms with van der Waals surface area (Å²) in [7, 11) is 0. The molecular weight excluding hydrogens is 504 g/mol. The van der Waals surface area contributed by atoms with Gasteiger partial charge in [0.2, 0.25) is 5.91 Å². The first-order valence-electron chi connectivity index (χ1n) is 10.8. The number of pyridine rings is 1. The normalized spacial score (nSPS) is 14.0. The van der Waals surface area contributed by atoms with Crippen LogP contribution in [0.15, 0.2) is 36.5 Å². The largest absolute Gasteiger partial charge is 0.417 e. The summed E-state index contributed by atoms with van der Waals surface area (Å²) >= 11 is 12.0. The Morgan fingerprint density at radius 3 is 2.60 bits per heavy atom. The lowest BCUT2D eigenvalue weighted by atomic mass is 10.1. The van der Waals surface area contributed by atoms with Crippen LogP contribution in [-0.2, 0) is 24.1 Å². The SMILES string of the molecule is Cc1nn(CC(=O)Nc2ccn(Cc3ccc(Cl)c(Cl)c3)n2)c2nc(C3CC3)cc(C(F)(F)F)c12. The average molecular weight is 523 g/mol. The highest BCUT2D eigenvalue weighted by atomic mass is 35.5. The molecule has 1 N–H and O–H groups in total. The number of amides is 1. The molecule has 182 valence electrons. The average Bonchev–Trinajstić information content (AvgIpc) is 3.48. The minimum absolute atomic E-state index is 0.0115. The van der Waals surface area contributed by atoms with Crippen LogP contribution in [0.2, 0.25) is 10.0 Å². The topological polar surface area (TPSA) is 77.6 Å². The molecule has 1 fully saturated rings. The van der Waals surface area contributed by atoms with E-state index in [0.29, 0.717) is 28.1 Å². The number of aromatic nitrogens is 5. The maximum Gasteiger partial charge on any atom is 0.417 e. The molecule has 1 aliphatic carbocycles. The molecule has 1 aliphatic rings. The molecule has 0 aliphatic heterocycles. The number of rotatable bonds is 6. The summed E-state index contributed by atoms with van der Waals surface area (Å²) in [6.45, 7) is 1.58. The Labute approximate surface area is 207 Å².